The SMILES string of the molecule is CN(N=O)c1ccccc1C=O. The molecular weight excluding hydrogens is 156 g/mol. The third kappa shape index (κ3) is 1.47. The Morgan fingerprint density at radius 1 is 1.42 bits per heavy atom. The second-order valence-corrected chi connectivity index (χ2v) is 2.28. The second-order valence-electron chi connectivity index (χ2n) is 2.28. The minimum absolute atomic E-state index is 0.458. The maximum Gasteiger partial charge on any atom is 0.152 e. The standard InChI is InChI=1S/C8H8N2O2/c1-10(9-12)8-5-3-2-4-7(8)6-11/h2-6H,1H3. The molecule has 0 aromatic heterocycles. The van der Waals surface area contributed by atoms with Crippen molar-refractivity contribution < 1.29 is 4.79 Å². The molecule has 12 heavy (non-hydrogen) atoms. The Labute approximate surface area is 69.7 Å². The summed E-state index contributed by atoms with van der Waals surface area (Å²) in [5, 5.41) is 3.81. The van der Waals surface area contributed by atoms with Gasteiger partial charge in [-0.2, -0.15) is 0 Å². The quantitative estimate of drug-likeness (QED) is 0.387. The van der Waals surface area contributed by atoms with Crippen LogP contribution in [0, 0.1) is 4.91 Å². The van der Waals surface area contributed by atoms with Gasteiger partial charge in [-0.15, -0.1) is 4.91 Å². The Balaban J connectivity index is 3.12. The molecule has 0 bridgehead atoms. The molecule has 62 valence electrons. The highest BCUT2D eigenvalue weighted by atomic mass is 16.3. The molecule has 0 spiro atoms. The number of rotatable bonds is 3. The van der Waals surface area contributed by atoms with Crippen molar-refractivity contribution in [1.82, 2.24) is 0 Å². The normalized spacial score (nSPS) is 9.08. The largest absolute Gasteiger partial charge is 0.298 e. The van der Waals surface area contributed by atoms with E-state index in [2.05, 4.69) is 5.29 Å². The first kappa shape index (κ1) is 8.39. The van der Waals surface area contributed by atoms with Crippen molar-refractivity contribution in [2.75, 3.05) is 12.1 Å². The number of benzene rings is 1. The molecule has 0 aliphatic rings. The van der Waals surface area contributed by atoms with Gasteiger partial charge < -0.3 is 0 Å². The van der Waals surface area contributed by atoms with Crippen molar-refractivity contribution in [3.05, 3.63) is 34.7 Å². The number of hydrogen-bond acceptors (Lipinski definition) is 3. The minimum atomic E-state index is 0.458. The van der Waals surface area contributed by atoms with Crippen LogP contribution in [-0.4, -0.2) is 13.3 Å². The van der Waals surface area contributed by atoms with E-state index in [0.29, 0.717) is 17.5 Å². The number of nitroso groups, excluding NO2 is 1. The van der Waals surface area contributed by atoms with E-state index >= 15 is 0 Å². The van der Waals surface area contributed by atoms with Crippen molar-refractivity contribution in [2.24, 2.45) is 5.29 Å². The van der Waals surface area contributed by atoms with Crippen LogP contribution in [0.3, 0.4) is 0 Å². The van der Waals surface area contributed by atoms with Crippen LogP contribution in [0.15, 0.2) is 29.6 Å². The van der Waals surface area contributed by atoms with Gasteiger partial charge in [0.15, 0.2) is 6.29 Å². The van der Waals surface area contributed by atoms with Crippen molar-refractivity contribution in [2.45, 2.75) is 0 Å². The van der Waals surface area contributed by atoms with E-state index in [1.807, 2.05) is 0 Å². The molecule has 0 amide bonds. The van der Waals surface area contributed by atoms with E-state index in [9.17, 15) is 9.70 Å². The maximum absolute atomic E-state index is 10.5. The van der Waals surface area contributed by atoms with Crippen molar-refractivity contribution in [3.63, 3.8) is 0 Å². The van der Waals surface area contributed by atoms with Gasteiger partial charge in [-0.25, -0.2) is 5.01 Å². The van der Waals surface area contributed by atoms with E-state index in [-0.39, 0.29) is 0 Å². The van der Waals surface area contributed by atoms with Crippen molar-refractivity contribution in [3.8, 4) is 0 Å². The van der Waals surface area contributed by atoms with Gasteiger partial charge in [0.1, 0.15) is 0 Å². The number of para-hydroxylation sites is 1. The van der Waals surface area contributed by atoms with Gasteiger partial charge in [0, 0.05) is 12.6 Å². The van der Waals surface area contributed by atoms with Crippen LogP contribution >= 0.6 is 0 Å². The predicted molar refractivity (Wildman–Crippen MR) is 46.0 cm³/mol. The first-order chi connectivity index (χ1) is 5.79. The number of aldehydes is 1. The smallest absolute Gasteiger partial charge is 0.152 e. The first-order valence-electron chi connectivity index (χ1n) is 3.41. The van der Waals surface area contributed by atoms with Crippen LogP contribution in [0.2, 0.25) is 0 Å². The summed E-state index contributed by atoms with van der Waals surface area (Å²) in [5.41, 5.74) is 0.974. The highest BCUT2D eigenvalue weighted by Gasteiger charge is 2.04. The summed E-state index contributed by atoms with van der Waals surface area (Å²) >= 11 is 0. The monoisotopic (exact) mass is 164 g/mol. The topological polar surface area (TPSA) is 49.7 Å². The van der Waals surface area contributed by atoms with E-state index < -0.39 is 0 Å². The zero-order valence-corrected chi connectivity index (χ0v) is 6.60. The molecule has 0 fully saturated rings. The summed E-state index contributed by atoms with van der Waals surface area (Å²) in [6.45, 7) is 0. The summed E-state index contributed by atoms with van der Waals surface area (Å²) in [7, 11) is 1.50. The van der Waals surface area contributed by atoms with Crippen LogP contribution in [0.5, 0.6) is 0 Å². The zero-order valence-electron chi connectivity index (χ0n) is 6.60. The van der Waals surface area contributed by atoms with Gasteiger partial charge in [0.2, 0.25) is 0 Å². The molecule has 0 heterocycles. The molecule has 0 radical (unpaired) electrons. The third-order valence-corrected chi connectivity index (χ3v) is 1.53. The van der Waals surface area contributed by atoms with Crippen molar-refractivity contribution >= 4 is 12.0 Å². The number of carbonyl (C=O) groups excluding carboxylic acids is 1. The fraction of sp³-hybridized carbons (Fsp3) is 0.125. The third-order valence-electron chi connectivity index (χ3n) is 1.53. The lowest BCUT2D eigenvalue weighted by molar-refractivity contribution is 0.112. The van der Waals surface area contributed by atoms with Crippen LogP contribution < -0.4 is 5.01 Å². The van der Waals surface area contributed by atoms with Crippen LogP contribution in [-0.2, 0) is 0 Å². The Bertz CT molecular complexity index is 299. The van der Waals surface area contributed by atoms with Crippen LogP contribution in [0.25, 0.3) is 0 Å². The molecule has 0 atom stereocenters. The van der Waals surface area contributed by atoms with Gasteiger partial charge >= 0.3 is 0 Å². The summed E-state index contributed by atoms with van der Waals surface area (Å²) in [4.78, 5) is 20.6. The Morgan fingerprint density at radius 2 is 2.08 bits per heavy atom. The molecule has 4 heteroatoms. The van der Waals surface area contributed by atoms with E-state index in [1.165, 1.54) is 7.05 Å². The molecule has 1 aromatic rings. The lowest BCUT2D eigenvalue weighted by atomic mass is 10.2. The minimum Gasteiger partial charge on any atom is -0.298 e. The number of anilines is 1. The molecule has 0 unspecified atom stereocenters. The Morgan fingerprint density at radius 3 is 2.67 bits per heavy atom. The lowest BCUT2D eigenvalue weighted by Crippen LogP contribution is -2.08. The van der Waals surface area contributed by atoms with Gasteiger partial charge in [0.25, 0.3) is 0 Å². The van der Waals surface area contributed by atoms with Crippen LogP contribution in [0.4, 0.5) is 5.69 Å². The Kier molecular flexibility index (Phi) is 2.53. The molecule has 0 saturated heterocycles. The molecular formula is C8H8N2O2. The molecule has 1 aromatic carbocycles. The highest BCUT2D eigenvalue weighted by molar-refractivity contribution is 5.84. The summed E-state index contributed by atoms with van der Waals surface area (Å²) in [6, 6.07) is 6.75. The molecule has 0 aliphatic carbocycles. The van der Waals surface area contributed by atoms with Gasteiger partial charge in [0.05, 0.1) is 11.0 Å². The highest BCUT2D eigenvalue weighted by Crippen LogP contribution is 2.16. The zero-order chi connectivity index (χ0) is 8.97. The first-order valence-corrected chi connectivity index (χ1v) is 3.41. The van der Waals surface area contributed by atoms with Gasteiger partial charge in [-0.05, 0) is 12.1 Å². The number of nitrogens with zero attached hydrogens (tertiary/aromatic N) is 2. The maximum atomic E-state index is 10.5. The fourth-order valence-electron chi connectivity index (χ4n) is 0.926. The lowest BCUT2D eigenvalue weighted by Gasteiger charge is -2.09. The van der Waals surface area contributed by atoms with E-state index in [4.69, 9.17) is 0 Å². The van der Waals surface area contributed by atoms with Crippen LogP contribution in [0.1, 0.15) is 10.4 Å². The molecule has 0 aliphatic heterocycles. The fourth-order valence-corrected chi connectivity index (χ4v) is 0.926. The number of carbonyl (C=O) groups is 1. The summed E-state index contributed by atoms with van der Waals surface area (Å²) in [6.07, 6.45) is 0.691. The predicted octanol–water partition coefficient (Wildman–Crippen LogP) is 1.62. The van der Waals surface area contributed by atoms with Crippen molar-refractivity contribution in [1.29, 1.82) is 0 Å². The second kappa shape index (κ2) is 3.61. The molecule has 1 rings (SSSR count). The molecule has 0 saturated carbocycles. The summed E-state index contributed by atoms with van der Waals surface area (Å²) in [5.74, 6) is 0. The molecule has 4 nitrogen and oxygen atoms in total. The van der Waals surface area contributed by atoms with Gasteiger partial charge in [-0.1, -0.05) is 12.1 Å². The van der Waals surface area contributed by atoms with E-state index in [0.717, 1.165) is 5.01 Å². The molecule has 0 N–H and O–H groups in total. The average Bonchev–Trinajstić information content (AvgIpc) is 2.16. The van der Waals surface area contributed by atoms with Gasteiger partial charge in [-0.3, -0.25) is 4.79 Å². The van der Waals surface area contributed by atoms with E-state index in [1.54, 1.807) is 24.3 Å². The number of hydrogen-bond donors (Lipinski definition) is 0. The Hall–Kier alpha value is -1.71. The average molecular weight is 164 g/mol. The summed E-state index contributed by atoms with van der Waals surface area (Å²) < 4.78 is 0.